The number of likely N-dealkylation sites (N-methyl/N-ethyl adjacent to an activating group) is 1. The van der Waals surface area contributed by atoms with Gasteiger partial charge >= 0.3 is 0 Å². The minimum atomic E-state index is 0.444. The lowest BCUT2D eigenvalue weighted by Gasteiger charge is -2.10. The van der Waals surface area contributed by atoms with Crippen molar-refractivity contribution >= 4 is 0 Å². The van der Waals surface area contributed by atoms with Crippen molar-refractivity contribution in [3.8, 4) is 0 Å². The van der Waals surface area contributed by atoms with Crippen LogP contribution in [0.4, 0.5) is 0 Å². The SMILES string of the molecule is CC1C=CON1C. The standard InChI is InChI=1S/C5H9NO/c1-5-3-4-7-6(5)2/h3-5H,1-2H3. The Hall–Kier alpha value is -0.500. The van der Waals surface area contributed by atoms with Gasteiger partial charge in [0.15, 0.2) is 0 Å². The molecule has 0 aromatic carbocycles. The van der Waals surface area contributed by atoms with Crippen LogP contribution in [-0.2, 0) is 4.84 Å². The molecule has 2 nitrogen and oxygen atoms in total. The molecule has 0 aliphatic carbocycles. The highest BCUT2D eigenvalue weighted by Gasteiger charge is 2.09. The van der Waals surface area contributed by atoms with Gasteiger partial charge in [-0.15, -0.1) is 5.06 Å². The predicted octanol–water partition coefficient (Wildman–Crippen LogP) is 0.766. The van der Waals surface area contributed by atoms with Crippen LogP contribution in [0, 0.1) is 0 Å². The molecule has 1 aliphatic heterocycles. The van der Waals surface area contributed by atoms with Gasteiger partial charge in [-0.3, -0.25) is 0 Å². The first-order valence-electron chi connectivity index (χ1n) is 2.37. The van der Waals surface area contributed by atoms with Gasteiger partial charge in [0.2, 0.25) is 0 Å². The Bertz CT molecular complexity index is 90.1. The highest BCUT2D eigenvalue weighted by molar-refractivity contribution is 4.88. The summed E-state index contributed by atoms with van der Waals surface area (Å²) >= 11 is 0. The Balaban J connectivity index is 2.45. The maximum Gasteiger partial charge on any atom is 0.109 e. The smallest absolute Gasteiger partial charge is 0.109 e. The van der Waals surface area contributed by atoms with Gasteiger partial charge in [-0.1, -0.05) is 0 Å². The number of rotatable bonds is 0. The summed E-state index contributed by atoms with van der Waals surface area (Å²) in [7, 11) is 1.91. The zero-order valence-electron chi connectivity index (χ0n) is 4.59. The van der Waals surface area contributed by atoms with Crippen LogP contribution in [-0.4, -0.2) is 18.2 Å². The second kappa shape index (κ2) is 1.54. The van der Waals surface area contributed by atoms with E-state index in [0.29, 0.717) is 6.04 Å². The lowest BCUT2D eigenvalue weighted by atomic mass is 10.3. The second-order valence-corrected chi connectivity index (χ2v) is 1.72. The summed E-state index contributed by atoms with van der Waals surface area (Å²) in [5.74, 6) is 0. The normalized spacial score (nSPS) is 30.9. The molecule has 0 radical (unpaired) electrons. The lowest BCUT2D eigenvalue weighted by molar-refractivity contribution is -0.0742. The molecule has 0 aromatic rings. The van der Waals surface area contributed by atoms with Crippen LogP contribution < -0.4 is 0 Å². The summed E-state index contributed by atoms with van der Waals surface area (Å²) in [5.41, 5.74) is 0. The van der Waals surface area contributed by atoms with Crippen LogP contribution in [0.2, 0.25) is 0 Å². The highest BCUT2D eigenvalue weighted by Crippen LogP contribution is 2.05. The van der Waals surface area contributed by atoms with Crippen LogP contribution in [0.25, 0.3) is 0 Å². The molecular weight excluding hydrogens is 90.1 g/mol. The van der Waals surface area contributed by atoms with Gasteiger partial charge in [-0.05, 0) is 13.0 Å². The van der Waals surface area contributed by atoms with E-state index in [1.807, 2.05) is 13.1 Å². The van der Waals surface area contributed by atoms with E-state index < -0.39 is 0 Å². The first-order valence-corrected chi connectivity index (χ1v) is 2.37. The van der Waals surface area contributed by atoms with Crippen molar-refractivity contribution in [1.29, 1.82) is 0 Å². The third-order valence-corrected chi connectivity index (χ3v) is 1.16. The van der Waals surface area contributed by atoms with Gasteiger partial charge in [0.05, 0.1) is 6.04 Å². The Kier molecular flexibility index (Phi) is 1.02. The van der Waals surface area contributed by atoms with Crippen molar-refractivity contribution in [2.45, 2.75) is 13.0 Å². The summed E-state index contributed by atoms with van der Waals surface area (Å²) in [6.07, 6.45) is 3.70. The average molecular weight is 99.1 g/mol. The largest absolute Gasteiger partial charge is 0.414 e. The molecule has 40 valence electrons. The molecule has 1 rings (SSSR count). The summed E-state index contributed by atoms with van der Waals surface area (Å²) in [6.45, 7) is 2.07. The van der Waals surface area contributed by atoms with Gasteiger partial charge in [0, 0.05) is 7.05 Å². The van der Waals surface area contributed by atoms with Crippen molar-refractivity contribution in [2.75, 3.05) is 7.05 Å². The molecule has 1 unspecified atom stereocenters. The fourth-order valence-corrected chi connectivity index (χ4v) is 0.462. The number of hydrogen-bond donors (Lipinski definition) is 0. The molecule has 0 N–H and O–H groups in total. The first-order chi connectivity index (χ1) is 3.30. The molecule has 1 atom stereocenters. The maximum atomic E-state index is 4.92. The fourth-order valence-electron chi connectivity index (χ4n) is 0.462. The first kappa shape index (κ1) is 4.65. The van der Waals surface area contributed by atoms with Gasteiger partial charge in [0.25, 0.3) is 0 Å². The molecule has 0 amide bonds. The molecule has 0 spiro atoms. The third kappa shape index (κ3) is 0.747. The zero-order valence-corrected chi connectivity index (χ0v) is 4.59. The van der Waals surface area contributed by atoms with E-state index in [0.717, 1.165) is 0 Å². The molecule has 0 aromatic heterocycles. The maximum absolute atomic E-state index is 4.92. The Morgan fingerprint density at radius 3 is 2.57 bits per heavy atom. The van der Waals surface area contributed by atoms with Crippen LogP contribution in [0.5, 0.6) is 0 Å². The van der Waals surface area contributed by atoms with E-state index in [1.54, 1.807) is 11.3 Å². The molecule has 0 saturated heterocycles. The minimum Gasteiger partial charge on any atom is -0.414 e. The molecule has 0 bridgehead atoms. The summed E-state index contributed by atoms with van der Waals surface area (Å²) in [4.78, 5) is 4.92. The molecule has 0 saturated carbocycles. The van der Waals surface area contributed by atoms with Crippen molar-refractivity contribution < 1.29 is 4.84 Å². The molecule has 1 aliphatic rings. The van der Waals surface area contributed by atoms with Crippen molar-refractivity contribution in [1.82, 2.24) is 5.06 Å². The van der Waals surface area contributed by atoms with Crippen LogP contribution in [0.3, 0.4) is 0 Å². The molecule has 2 heteroatoms. The summed E-state index contributed by atoms with van der Waals surface area (Å²) in [5, 5.41) is 1.79. The Morgan fingerprint density at radius 1 is 1.71 bits per heavy atom. The van der Waals surface area contributed by atoms with Gasteiger partial charge < -0.3 is 4.84 Å². The quantitative estimate of drug-likeness (QED) is 0.444. The molecule has 7 heavy (non-hydrogen) atoms. The van der Waals surface area contributed by atoms with Crippen LogP contribution >= 0.6 is 0 Å². The van der Waals surface area contributed by atoms with E-state index in [2.05, 4.69) is 6.92 Å². The van der Waals surface area contributed by atoms with Gasteiger partial charge in [-0.2, -0.15) is 0 Å². The summed E-state index contributed by atoms with van der Waals surface area (Å²) in [6, 6.07) is 0.444. The Labute approximate surface area is 43.3 Å². The molecular formula is C5H9NO. The van der Waals surface area contributed by atoms with Gasteiger partial charge in [0.1, 0.15) is 6.26 Å². The topological polar surface area (TPSA) is 12.5 Å². The van der Waals surface area contributed by atoms with Crippen LogP contribution in [0.15, 0.2) is 12.3 Å². The number of hydrogen-bond acceptors (Lipinski definition) is 2. The van der Waals surface area contributed by atoms with E-state index >= 15 is 0 Å². The lowest BCUT2D eigenvalue weighted by Crippen LogP contribution is -2.19. The molecule has 0 fully saturated rings. The minimum absolute atomic E-state index is 0.444. The number of hydroxylamine groups is 2. The highest BCUT2D eigenvalue weighted by atomic mass is 16.7. The number of nitrogens with zero attached hydrogens (tertiary/aromatic N) is 1. The van der Waals surface area contributed by atoms with Crippen molar-refractivity contribution in [3.63, 3.8) is 0 Å². The van der Waals surface area contributed by atoms with Crippen LogP contribution in [0.1, 0.15) is 6.92 Å². The second-order valence-electron chi connectivity index (χ2n) is 1.72. The van der Waals surface area contributed by atoms with Gasteiger partial charge in [-0.25, -0.2) is 0 Å². The van der Waals surface area contributed by atoms with Crippen molar-refractivity contribution in [2.24, 2.45) is 0 Å². The Morgan fingerprint density at radius 2 is 2.43 bits per heavy atom. The van der Waals surface area contributed by atoms with Crippen molar-refractivity contribution in [3.05, 3.63) is 12.3 Å². The van der Waals surface area contributed by atoms with E-state index in [-0.39, 0.29) is 0 Å². The van der Waals surface area contributed by atoms with E-state index in [4.69, 9.17) is 4.84 Å². The third-order valence-electron chi connectivity index (χ3n) is 1.16. The monoisotopic (exact) mass is 99.1 g/mol. The summed E-state index contributed by atoms with van der Waals surface area (Å²) < 4.78 is 0. The predicted molar refractivity (Wildman–Crippen MR) is 27.4 cm³/mol. The van der Waals surface area contributed by atoms with E-state index in [1.165, 1.54) is 0 Å². The molecule has 1 heterocycles. The van der Waals surface area contributed by atoms with E-state index in [9.17, 15) is 0 Å². The average Bonchev–Trinajstić information content (AvgIpc) is 1.91. The fraction of sp³-hybridized carbons (Fsp3) is 0.600. The zero-order chi connectivity index (χ0) is 5.28.